The summed E-state index contributed by atoms with van der Waals surface area (Å²) in [6, 6.07) is 6.66. The van der Waals surface area contributed by atoms with Gasteiger partial charge in [-0.15, -0.1) is 10.2 Å². The Morgan fingerprint density at radius 1 is 0.972 bits per heavy atom. The molecule has 9 nitrogen and oxygen atoms in total. The maximum atomic E-state index is 13.4. The van der Waals surface area contributed by atoms with Gasteiger partial charge in [0.05, 0.1) is 12.1 Å². The van der Waals surface area contributed by atoms with Gasteiger partial charge in [-0.1, -0.05) is 0 Å². The number of hydrogen-bond donors (Lipinski definition) is 1. The molecule has 0 bridgehead atoms. The summed E-state index contributed by atoms with van der Waals surface area (Å²) in [6.45, 7) is 4.89. The minimum Gasteiger partial charge on any atom is -0.475 e. The van der Waals surface area contributed by atoms with Crippen molar-refractivity contribution in [3.63, 3.8) is 0 Å². The van der Waals surface area contributed by atoms with Crippen molar-refractivity contribution in [3.8, 4) is 11.4 Å². The first kappa shape index (κ1) is 25.9. The molecule has 5 rings (SSSR count). The number of piperidine rings is 1. The number of carbonyl (C=O) groups is 2. The Kier molecular flexibility index (Phi) is 7.21. The lowest BCUT2D eigenvalue weighted by atomic mass is 9.84. The van der Waals surface area contributed by atoms with E-state index < -0.39 is 12.1 Å². The summed E-state index contributed by atoms with van der Waals surface area (Å²) < 4.78 is 47.4. The van der Waals surface area contributed by atoms with Crippen LogP contribution in [0.25, 0.3) is 11.4 Å². The number of amides is 2. The molecule has 0 unspecified atom stereocenters. The van der Waals surface area contributed by atoms with Crippen LogP contribution in [-0.4, -0.2) is 92.5 Å². The molecule has 1 N–H and O–H groups in total. The van der Waals surface area contributed by atoms with Crippen LogP contribution in [0, 0.1) is 5.82 Å². The molecule has 13 heteroatoms. The number of halogens is 4. The standard InChI is InChI=1S/C21H27FN6O.C2HF3O2/c1-25-14-18-23-24-19(16-4-6-17(22)7-5-16)28(18)21(15-25)8-12-27(13-9-21)20(29)26-10-2-3-11-26;3-2(4,5)1(6)7/h4-7H,2-3,8-15H2,1H3;(H,6,7). The van der Waals surface area contributed by atoms with Gasteiger partial charge in [0.1, 0.15) is 11.6 Å². The van der Waals surface area contributed by atoms with Crippen LogP contribution in [0.1, 0.15) is 31.5 Å². The van der Waals surface area contributed by atoms with Crippen LogP contribution in [0.5, 0.6) is 0 Å². The van der Waals surface area contributed by atoms with Crippen molar-refractivity contribution in [3.05, 3.63) is 35.9 Å². The number of fused-ring (bicyclic) bond motifs is 2. The monoisotopic (exact) mass is 512 g/mol. The number of likely N-dealkylation sites (N-methyl/N-ethyl adjacent to an activating group) is 1. The Labute approximate surface area is 205 Å². The highest BCUT2D eigenvalue weighted by Crippen LogP contribution is 2.39. The first-order chi connectivity index (χ1) is 17.0. The Morgan fingerprint density at radius 2 is 1.53 bits per heavy atom. The molecule has 0 radical (unpaired) electrons. The third-order valence-electron chi connectivity index (χ3n) is 6.87. The van der Waals surface area contributed by atoms with Crippen molar-refractivity contribution < 1.29 is 32.3 Å². The van der Waals surface area contributed by atoms with Gasteiger partial charge in [-0.2, -0.15) is 13.2 Å². The Hall–Kier alpha value is -3.22. The molecule has 0 aliphatic carbocycles. The number of rotatable bonds is 1. The summed E-state index contributed by atoms with van der Waals surface area (Å²) in [4.78, 5) is 28.0. The van der Waals surface area contributed by atoms with Crippen LogP contribution in [0.3, 0.4) is 0 Å². The van der Waals surface area contributed by atoms with E-state index in [1.165, 1.54) is 12.1 Å². The van der Waals surface area contributed by atoms with Gasteiger partial charge in [0.15, 0.2) is 5.82 Å². The summed E-state index contributed by atoms with van der Waals surface area (Å²) in [6.07, 6.45) is -1.12. The van der Waals surface area contributed by atoms with E-state index in [4.69, 9.17) is 9.90 Å². The first-order valence-electron chi connectivity index (χ1n) is 11.7. The first-order valence-corrected chi connectivity index (χ1v) is 11.7. The molecule has 2 fully saturated rings. The fraction of sp³-hybridized carbons (Fsp3) is 0.565. The zero-order chi connectivity index (χ0) is 26.1. The average molecular weight is 513 g/mol. The van der Waals surface area contributed by atoms with Crippen molar-refractivity contribution >= 4 is 12.0 Å². The molecule has 4 heterocycles. The molecule has 36 heavy (non-hydrogen) atoms. The maximum Gasteiger partial charge on any atom is 0.490 e. The van der Waals surface area contributed by atoms with Gasteiger partial charge >= 0.3 is 18.2 Å². The molecular formula is C23H28F4N6O3. The van der Waals surface area contributed by atoms with E-state index in [2.05, 4.69) is 26.7 Å². The number of hydrogen-bond acceptors (Lipinski definition) is 5. The predicted octanol–water partition coefficient (Wildman–Crippen LogP) is 3.17. The lowest BCUT2D eigenvalue weighted by Crippen LogP contribution is -2.57. The largest absolute Gasteiger partial charge is 0.490 e. The van der Waals surface area contributed by atoms with E-state index >= 15 is 0 Å². The average Bonchev–Trinajstić information content (AvgIpc) is 3.50. The van der Waals surface area contributed by atoms with Gasteiger partial charge in [0.25, 0.3) is 0 Å². The quantitative estimate of drug-likeness (QED) is 0.590. The van der Waals surface area contributed by atoms with Gasteiger partial charge in [0.2, 0.25) is 0 Å². The van der Waals surface area contributed by atoms with Crippen molar-refractivity contribution in [2.24, 2.45) is 0 Å². The second-order valence-corrected chi connectivity index (χ2v) is 9.45. The zero-order valence-corrected chi connectivity index (χ0v) is 19.8. The molecule has 1 aromatic carbocycles. The number of carboxylic acid groups (broad SMARTS) is 1. The molecule has 0 saturated carbocycles. The Morgan fingerprint density at radius 3 is 2.08 bits per heavy atom. The molecule has 3 aliphatic rings. The highest BCUT2D eigenvalue weighted by atomic mass is 19.4. The minimum absolute atomic E-state index is 0.142. The molecule has 3 aliphatic heterocycles. The predicted molar refractivity (Wildman–Crippen MR) is 120 cm³/mol. The van der Waals surface area contributed by atoms with E-state index in [9.17, 15) is 22.4 Å². The van der Waals surface area contributed by atoms with Gasteiger partial charge < -0.3 is 19.5 Å². The van der Waals surface area contributed by atoms with Gasteiger partial charge in [0, 0.05) is 38.3 Å². The van der Waals surface area contributed by atoms with E-state index in [0.717, 1.165) is 82.2 Å². The molecule has 0 atom stereocenters. The summed E-state index contributed by atoms with van der Waals surface area (Å²) in [5.74, 6) is -1.27. The normalized spacial score (nSPS) is 19.6. The molecule has 2 amide bonds. The molecule has 1 aromatic heterocycles. The topological polar surface area (TPSA) is 94.8 Å². The third-order valence-corrected chi connectivity index (χ3v) is 6.87. The lowest BCUT2D eigenvalue weighted by Gasteiger charge is -2.48. The molecular weight excluding hydrogens is 484 g/mol. The summed E-state index contributed by atoms with van der Waals surface area (Å²) in [7, 11) is 2.11. The number of carboxylic acids is 1. The summed E-state index contributed by atoms with van der Waals surface area (Å²) in [5, 5.41) is 16.1. The molecule has 196 valence electrons. The summed E-state index contributed by atoms with van der Waals surface area (Å²) >= 11 is 0. The fourth-order valence-electron chi connectivity index (χ4n) is 5.18. The highest BCUT2D eigenvalue weighted by molar-refractivity contribution is 5.75. The van der Waals surface area contributed by atoms with Crippen molar-refractivity contribution in [1.82, 2.24) is 29.5 Å². The van der Waals surface area contributed by atoms with Gasteiger partial charge in [-0.05, 0) is 57.0 Å². The third kappa shape index (κ3) is 5.30. The fourth-order valence-corrected chi connectivity index (χ4v) is 5.18. The van der Waals surface area contributed by atoms with Crippen LogP contribution in [0.15, 0.2) is 24.3 Å². The number of likely N-dealkylation sites (tertiary alicyclic amines) is 2. The van der Waals surface area contributed by atoms with Gasteiger partial charge in [-0.25, -0.2) is 14.0 Å². The molecule has 2 saturated heterocycles. The van der Waals surface area contributed by atoms with Crippen LogP contribution in [0.2, 0.25) is 0 Å². The number of carbonyl (C=O) groups excluding carboxylic acids is 1. The number of benzene rings is 1. The van der Waals surface area contributed by atoms with E-state index in [1.54, 1.807) is 12.1 Å². The van der Waals surface area contributed by atoms with Crippen molar-refractivity contribution in [2.75, 3.05) is 39.8 Å². The SMILES string of the molecule is CN1Cc2nnc(-c3ccc(F)cc3)n2C2(CCN(C(=O)N3CCCC3)CC2)C1.O=C(O)C(F)(F)F. The maximum absolute atomic E-state index is 13.4. The Bertz CT molecular complexity index is 1090. The highest BCUT2D eigenvalue weighted by Gasteiger charge is 2.44. The molecule has 2 aromatic rings. The van der Waals surface area contributed by atoms with Crippen molar-refractivity contribution in [2.45, 2.75) is 43.9 Å². The zero-order valence-electron chi connectivity index (χ0n) is 19.8. The van der Waals surface area contributed by atoms with Gasteiger partial charge in [-0.3, -0.25) is 4.90 Å². The number of alkyl halides is 3. The second-order valence-electron chi connectivity index (χ2n) is 9.45. The minimum atomic E-state index is -5.08. The van der Waals surface area contributed by atoms with E-state index in [-0.39, 0.29) is 17.4 Å². The lowest BCUT2D eigenvalue weighted by molar-refractivity contribution is -0.192. The number of aromatic nitrogens is 3. The number of urea groups is 1. The Balaban J connectivity index is 0.000000384. The van der Waals surface area contributed by atoms with Crippen LogP contribution >= 0.6 is 0 Å². The van der Waals surface area contributed by atoms with Crippen LogP contribution in [-0.2, 0) is 16.9 Å². The van der Waals surface area contributed by atoms with Crippen LogP contribution < -0.4 is 0 Å². The van der Waals surface area contributed by atoms with E-state index in [1.807, 2.05) is 9.80 Å². The smallest absolute Gasteiger partial charge is 0.475 e. The molecule has 1 spiro atoms. The summed E-state index contributed by atoms with van der Waals surface area (Å²) in [5.41, 5.74) is 0.738. The second kappa shape index (κ2) is 10.0. The van der Waals surface area contributed by atoms with Crippen molar-refractivity contribution in [1.29, 1.82) is 0 Å². The van der Waals surface area contributed by atoms with E-state index in [0.29, 0.717) is 0 Å². The number of nitrogens with zero attached hydrogens (tertiary/aromatic N) is 6. The van der Waals surface area contributed by atoms with Crippen LogP contribution in [0.4, 0.5) is 22.4 Å². The number of aliphatic carboxylic acids is 1.